The molecule has 86 valence electrons. The maximum absolute atomic E-state index is 11.9. The number of hydrogen-bond acceptors (Lipinski definition) is 2. The molecule has 1 aromatic carbocycles. The molecular formula is C14H18O2. The first-order valence-electron chi connectivity index (χ1n) is 6.03. The van der Waals surface area contributed by atoms with Crippen LogP contribution in [0.2, 0.25) is 0 Å². The lowest BCUT2D eigenvalue weighted by molar-refractivity contribution is -0.150. The number of ether oxygens (including phenoxy) is 1. The summed E-state index contributed by atoms with van der Waals surface area (Å²) in [5.41, 5.74) is 1.03. The average Bonchev–Trinajstić information content (AvgIpc) is 2.82. The summed E-state index contributed by atoms with van der Waals surface area (Å²) in [7, 11) is 0. The first-order valence-corrected chi connectivity index (χ1v) is 6.03. The lowest BCUT2D eigenvalue weighted by Crippen LogP contribution is -2.19. The minimum atomic E-state index is -0.151. The maximum Gasteiger partial charge on any atom is 0.313 e. The van der Waals surface area contributed by atoms with Crippen LogP contribution >= 0.6 is 0 Å². The van der Waals surface area contributed by atoms with Gasteiger partial charge in [-0.05, 0) is 38.2 Å². The Kier molecular flexibility index (Phi) is 3.60. The molecule has 0 saturated heterocycles. The molecule has 0 N–H and O–H groups in total. The first-order chi connectivity index (χ1) is 7.77. The Labute approximate surface area is 96.6 Å². The molecule has 0 aromatic heterocycles. The molecular weight excluding hydrogens is 200 g/mol. The summed E-state index contributed by atoms with van der Waals surface area (Å²) < 4.78 is 5.49. The zero-order chi connectivity index (χ0) is 11.4. The van der Waals surface area contributed by atoms with E-state index in [0.29, 0.717) is 0 Å². The van der Waals surface area contributed by atoms with E-state index in [9.17, 15) is 4.79 Å². The molecule has 2 heteroatoms. The maximum atomic E-state index is 11.9. The van der Waals surface area contributed by atoms with Crippen LogP contribution in [0.15, 0.2) is 30.3 Å². The number of esters is 1. The molecule has 0 amide bonds. The zero-order valence-electron chi connectivity index (χ0n) is 9.69. The van der Waals surface area contributed by atoms with Gasteiger partial charge in [-0.15, -0.1) is 0 Å². The van der Waals surface area contributed by atoms with Crippen LogP contribution in [0, 0.1) is 0 Å². The monoisotopic (exact) mass is 218 g/mol. The second-order valence-electron chi connectivity index (χ2n) is 4.48. The quantitative estimate of drug-likeness (QED) is 0.728. The van der Waals surface area contributed by atoms with Crippen LogP contribution in [-0.4, -0.2) is 12.1 Å². The van der Waals surface area contributed by atoms with Crippen molar-refractivity contribution in [1.82, 2.24) is 0 Å². The number of carbonyl (C=O) groups excluding carboxylic acids is 1. The Hall–Kier alpha value is -1.31. The van der Waals surface area contributed by atoms with Crippen molar-refractivity contribution in [2.24, 2.45) is 0 Å². The SMILES string of the molecule is C[C@H](C(=O)OC1CCCC1)c1ccccc1. The minimum Gasteiger partial charge on any atom is -0.462 e. The molecule has 16 heavy (non-hydrogen) atoms. The summed E-state index contributed by atoms with van der Waals surface area (Å²) in [5, 5.41) is 0. The Bertz CT molecular complexity index is 339. The highest BCUT2D eigenvalue weighted by Gasteiger charge is 2.23. The van der Waals surface area contributed by atoms with Crippen molar-refractivity contribution < 1.29 is 9.53 Å². The first kappa shape index (κ1) is 11.2. The van der Waals surface area contributed by atoms with Gasteiger partial charge in [-0.1, -0.05) is 30.3 Å². The van der Waals surface area contributed by atoms with Crippen molar-refractivity contribution in [2.75, 3.05) is 0 Å². The molecule has 0 bridgehead atoms. The van der Waals surface area contributed by atoms with Gasteiger partial charge >= 0.3 is 5.97 Å². The third kappa shape index (κ3) is 2.63. The van der Waals surface area contributed by atoms with E-state index in [-0.39, 0.29) is 18.0 Å². The Balaban J connectivity index is 1.94. The minimum absolute atomic E-state index is 0.0851. The largest absolute Gasteiger partial charge is 0.462 e. The number of rotatable bonds is 3. The predicted octanol–water partition coefficient (Wildman–Crippen LogP) is 3.28. The highest BCUT2D eigenvalue weighted by molar-refractivity contribution is 5.77. The molecule has 0 unspecified atom stereocenters. The number of hydrogen-bond donors (Lipinski definition) is 0. The molecule has 1 fully saturated rings. The summed E-state index contributed by atoms with van der Waals surface area (Å²) in [5.74, 6) is -0.236. The van der Waals surface area contributed by atoms with Gasteiger partial charge in [0.25, 0.3) is 0 Å². The molecule has 2 rings (SSSR count). The fourth-order valence-electron chi connectivity index (χ4n) is 2.15. The van der Waals surface area contributed by atoms with Crippen LogP contribution in [0.4, 0.5) is 0 Å². The van der Waals surface area contributed by atoms with E-state index in [1.165, 1.54) is 12.8 Å². The van der Waals surface area contributed by atoms with Crippen LogP contribution < -0.4 is 0 Å². The van der Waals surface area contributed by atoms with Gasteiger partial charge in [0.2, 0.25) is 0 Å². The van der Waals surface area contributed by atoms with Gasteiger partial charge in [0, 0.05) is 0 Å². The average molecular weight is 218 g/mol. The summed E-state index contributed by atoms with van der Waals surface area (Å²) in [6.45, 7) is 1.91. The molecule has 0 heterocycles. The van der Waals surface area contributed by atoms with Crippen LogP contribution in [-0.2, 0) is 9.53 Å². The Morgan fingerprint density at radius 1 is 1.25 bits per heavy atom. The van der Waals surface area contributed by atoms with Gasteiger partial charge in [-0.25, -0.2) is 0 Å². The van der Waals surface area contributed by atoms with E-state index in [2.05, 4.69) is 0 Å². The van der Waals surface area contributed by atoms with E-state index in [1.54, 1.807) is 0 Å². The topological polar surface area (TPSA) is 26.3 Å². The van der Waals surface area contributed by atoms with Crippen molar-refractivity contribution >= 4 is 5.97 Å². The normalized spacial score (nSPS) is 18.3. The molecule has 0 radical (unpaired) electrons. The van der Waals surface area contributed by atoms with E-state index in [1.807, 2.05) is 37.3 Å². The van der Waals surface area contributed by atoms with Gasteiger partial charge in [-0.2, -0.15) is 0 Å². The van der Waals surface area contributed by atoms with Gasteiger partial charge < -0.3 is 4.74 Å². The van der Waals surface area contributed by atoms with Gasteiger partial charge in [0.1, 0.15) is 6.10 Å². The molecule has 0 spiro atoms. The van der Waals surface area contributed by atoms with Gasteiger partial charge in [0.05, 0.1) is 5.92 Å². The zero-order valence-corrected chi connectivity index (χ0v) is 9.69. The molecule has 1 saturated carbocycles. The molecule has 1 aliphatic rings. The summed E-state index contributed by atoms with van der Waals surface area (Å²) >= 11 is 0. The summed E-state index contributed by atoms with van der Waals surface area (Å²) in [6, 6.07) is 9.81. The van der Waals surface area contributed by atoms with Crippen LogP contribution in [0.1, 0.15) is 44.1 Å². The van der Waals surface area contributed by atoms with Crippen molar-refractivity contribution in [1.29, 1.82) is 0 Å². The molecule has 0 aliphatic heterocycles. The highest BCUT2D eigenvalue weighted by Crippen LogP contribution is 2.24. The van der Waals surface area contributed by atoms with Crippen LogP contribution in [0.3, 0.4) is 0 Å². The van der Waals surface area contributed by atoms with Crippen LogP contribution in [0.25, 0.3) is 0 Å². The standard InChI is InChI=1S/C14H18O2/c1-11(12-7-3-2-4-8-12)14(15)16-13-9-5-6-10-13/h2-4,7-8,11,13H,5-6,9-10H2,1H3/t11-/m0/s1. The number of carbonyl (C=O) groups is 1. The van der Waals surface area contributed by atoms with E-state index in [4.69, 9.17) is 4.74 Å². The Morgan fingerprint density at radius 2 is 1.88 bits per heavy atom. The van der Waals surface area contributed by atoms with Gasteiger partial charge in [0.15, 0.2) is 0 Å². The van der Waals surface area contributed by atoms with Crippen molar-refractivity contribution in [2.45, 2.75) is 44.6 Å². The lowest BCUT2D eigenvalue weighted by atomic mass is 10.0. The molecule has 2 nitrogen and oxygen atoms in total. The van der Waals surface area contributed by atoms with E-state index < -0.39 is 0 Å². The third-order valence-corrected chi connectivity index (χ3v) is 3.24. The summed E-state index contributed by atoms with van der Waals surface area (Å²) in [4.78, 5) is 11.9. The van der Waals surface area contributed by atoms with E-state index in [0.717, 1.165) is 18.4 Å². The van der Waals surface area contributed by atoms with Crippen molar-refractivity contribution in [3.8, 4) is 0 Å². The molecule has 1 aliphatic carbocycles. The van der Waals surface area contributed by atoms with Gasteiger partial charge in [-0.3, -0.25) is 4.79 Å². The fourth-order valence-corrected chi connectivity index (χ4v) is 2.15. The van der Waals surface area contributed by atoms with Crippen LogP contribution in [0.5, 0.6) is 0 Å². The fraction of sp³-hybridized carbons (Fsp3) is 0.500. The van der Waals surface area contributed by atoms with Crippen molar-refractivity contribution in [3.63, 3.8) is 0 Å². The number of benzene rings is 1. The Morgan fingerprint density at radius 3 is 2.50 bits per heavy atom. The highest BCUT2D eigenvalue weighted by atomic mass is 16.5. The second-order valence-corrected chi connectivity index (χ2v) is 4.48. The van der Waals surface area contributed by atoms with Crippen molar-refractivity contribution in [3.05, 3.63) is 35.9 Å². The predicted molar refractivity (Wildman–Crippen MR) is 63.2 cm³/mol. The van der Waals surface area contributed by atoms with E-state index >= 15 is 0 Å². The molecule has 1 aromatic rings. The lowest BCUT2D eigenvalue weighted by Gasteiger charge is -2.15. The second kappa shape index (κ2) is 5.15. The molecule has 1 atom stereocenters. The third-order valence-electron chi connectivity index (χ3n) is 3.24. The summed E-state index contributed by atoms with van der Waals surface area (Å²) in [6.07, 6.45) is 4.62. The smallest absolute Gasteiger partial charge is 0.313 e.